The molecule has 0 aliphatic rings. The van der Waals surface area contributed by atoms with Crippen LogP contribution in [-0.4, -0.2) is 13.1 Å². The summed E-state index contributed by atoms with van der Waals surface area (Å²) in [5.74, 6) is -0.102. The summed E-state index contributed by atoms with van der Waals surface area (Å²) < 4.78 is 4.83. The van der Waals surface area contributed by atoms with E-state index < -0.39 is 0 Å². The second kappa shape index (κ2) is 16.2. The lowest BCUT2D eigenvalue weighted by Gasteiger charge is -2.20. The van der Waals surface area contributed by atoms with E-state index in [1.54, 1.807) is 0 Å². The van der Waals surface area contributed by atoms with Gasteiger partial charge in [-0.05, 0) is 58.8 Å². The Bertz CT molecular complexity index is 402. The van der Waals surface area contributed by atoms with Crippen molar-refractivity contribution in [3.8, 4) is 0 Å². The number of unbranched alkanes of at least 4 members (excludes halogenated alkanes) is 6. The van der Waals surface area contributed by atoms with Gasteiger partial charge in [0, 0.05) is 0 Å². The Kier molecular flexibility index (Phi) is 15.3. The molecule has 2 heteroatoms. The Balaban J connectivity index is 3.52. The molecule has 0 aromatic heterocycles. The fourth-order valence-corrected chi connectivity index (χ4v) is 2.67. The summed E-state index contributed by atoms with van der Waals surface area (Å²) in [6.45, 7) is 6.17. The van der Waals surface area contributed by atoms with Gasteiger partial charge in [-0.1, -0.05) is 69.1 Å². The van der Waals surface area contributed by atoms with E-state index in [9.17, 15) is 4.79 Å². The molecular weight excluding hydrogens is 308 g/mol. The minimum absolute atomic E-state index is 0.102. The first kappa shape index (κ1) is 23.7. The fourth-order valence-electron chi connectivity index (χ4n) is 2.67. The molecule has 0 rings (SSSR count). The van der Waals surface area contributed by atoms with E-state index in [0.29, 0.717) is 0 Å². The van der Waals surface area contributed by atoms with Crippen molar-refractivity contribution < 1.29 is 9.53 Å². The fraction of sp³-hybridized carbons (Fsp3) is 0.696. The lowest BCUT2D eigenvalue weighted by molar-refractivity contribution is -0.151. The van der Waals surface area contributed by atoms with Crippen LogP contribution in [0.3, 0.4) is 0 Å². The van der Waals surface area contributed by atoms with Crippen molar-refractivity contribution in [2.45, 2.75) is 91.4 Å². The standard InChI is InChI=1S/C23H40O2/c1-5-6-7-8-9-10-11-12-13-14-15-16-17-18-19-20-21-23(2,3)22(24)25-4/h9-10,12-13,15-16H,5-8,11,14,17-21H2,1-4H3. The number of methoxy groups -OCH3 is 1. The van der Waals surface area contributed by atoms with E-state index in [1.165, 1.54) is 45.6 Å². The molecule has 0 aliphatic carbocycles. The Morgan fingerprint density at radius 2 is 1.32 bits per heavy atom. The van der Waals surface area contributed by atoms with Crippen molar-refractivity contribution in [1.29, 1.82) is 0 Å². The summed E-state index contributed by atoms with van der Waals surface area (Å²) >= 11 is 0. The predicted octanol–water partition coefficient (Wildman–Crippen LogP) is 7.17. The van der Waals surface area contributed by atoms with Gasteiger partial charge in [0.05, 0.1) is 12.5 Å². The number of rotatable bonds is 15. The molecule has 0 aromatic rings. The molecule has 0 aliphatic heterocycles. The number of hydrogen-bond donors (Lipinski definition) is 0. The molecule has 0 radical (unpaired) electrons. The van der Waals surface area contributed by atoms with Crippen LogP contribution in [0.25, 0.3) is 0 Å². The zero-order valence-corrected chi connectivity index (χ0v) is 17.1. The third-order valence-corrected chi connectivity index (χ3v) is 4.43. The molecule has 25 heavy (non-hydrogen) atoms. The molecule has 0 saturated heterocycles. The third kappa shape index (κ3) is 14.7. The van der Waals surface area contributed by atoms with Gasteiger partial charge >= 0.3 is 5.97 Å². The average Bonchev–Trinajstić information content (AvgIpc) is 2.60. The minimum atomic E-state index is -0.347. The lowest BCUT2D eigenvalue weighted by atomic mass is 9.87. The molecule has 0 amide bonds. The maximum Gasteiger partial charge on any atom is 0.311 e. The second-order valence-electron chi connectivity index (χ2n) is 7.36. The number of ether oxygens (including phenoxy) is 1. The summed E-state index contributed by atoms with van der Waals surface area (Å²) in [6, 6.07) is 0. The van der Waals surface area contributed by atoms with Gasteiger partial charge in [-0.25, -0.2) is 0 Å². The van der Waals surface area contributed by atoms with E-state index in [-0.39, 0.29) is 11.4 Å². The van der Waals surface area contributed by atoms with Crippen LogP contribution in [0.1, 0.15) is 91.4 Å². The highest BCUT2D eigenvalue weighted by Crippen LogP contribution is 2.25. The molecule has 0 N–H and O–H groups in total. The van der Waals surface area contributed by atoms with Gasteiger partial charge in [0.15, 0.2) is 0 Å². The number of carbonyl (C=O) groups is 1. The summed E-state index contributed by atoms with van der Waals surface area (Å²) in [7, 11) is 1.47. The maximum absolute atomic E-state index is 11.6. The normalized spacial score (nSPS) is 12.6. The zero-order valence-electron chi connectivity index (χ0n) is 17.1. The number of carbonyl (C=O) groups excluding carboxylic acids is 1. The molecule has 0 unspecified atom stereocenters. The van der Waals surface area contributed by atoms with Gasteiger partial charge in [-0.15, -0.1) is 0 Å². The highest BCUT2D eigenvalue weighted by Gasteiger charge is 2.27. The van der Waals surface area contributed by atoms with E-state index in [0.717, 1.165) is 32.1 Å². The van der Waals surface area contributed by atoms with Crippen LogP contribution in [0.4, 0.5) is 0 Å². The summed E-state index contributed by atoms with van der Waals surface area (Å²) in [5.41, 5.74) is -0.347. The van der Waals surface area contributed by atoms with Gasteiger partial charge in [0.2, 0.25) is 0 Å². The Labute approximate surface area is 156 Å². The van der Waals surface area contributed by atoms with Crippen molar-refractivity contribution in [2.24, 2.45) is 5.41 Å². The monoisotopic (exact) mass is 348 g/mol. The van der Waals surface area contributed by atoms with Crippen LogP contribution < -0.4 is 0 Å². The van der Waals surface area contributed by atoms with Crippen molar-refractivity contribution in [1.82, 2.24) is 0 Å². The molecule has 2 nitrogen and oxygen atoms in total. The van der Waals surface area contributed by atoms with E-state index in [4.69, 9.17) is 4.74 Å². The van der Waals surface area contributed by atoms with Gasteiger partial charge in [-0.2, -0.15) is 0 Å². The van der Waals surface area contributed by atoms with Crippen LogP contribution in [0.5, 0.6) is 0 Å². The second-order valence-corrected chi connectivity index (χ2v) is 7.36. The van der Waals surface area contributed by atoms with Crippen LogP contribution in [0.15, 0.2) is 36.5 Å². The first-order valence-electron chi connectivity index (χ1n) is 10.1. The molecule has 0 fully saturated rings. The van der Waals surface area contributed by atoms with Gasteiger partial charge < -0.3 is 4.74 Å². The topological polar surface area (TPSA) is 26.3 Å². The molecule has 0 spiro atoms. The maximum atomic E-state index is 11.6. The molecular formula is C23H40O2. The Hall–Kier alpha value is -1.31. The Morgan fingerprint density at radius 1 is 0.800 bits per heavy atom. The van der Waals surface area contributed by atoms with Crippen LogP contribution >= 0.6 is 0 Å². The SMILES string of the molecule is CCCCCC=CCC=CCC=CCCCCCC(C)(C)C(=O)OC. The van der Waals surface area contributed by atoms with Crippen LogP contribution in [-0.2, 0) is 9.53 Å². The van der Waals surface area contributed by atoms with Crippen molar-refractivity contribution >= 4 is 5.97 Å². The zero-order chi connectivity index (χ0) is 18.8. The predicted molar refractivity (Wildman–Crippen MR) is 110 cm³/mol. The number of esters is 1. The minimum Gasteiger partial charge on any atom is -0.469 e. The average molecular weight is 349 g/mol. The van der Waals surface area contributed by atoms with Gasteiger partial charge in [-0.3, -0.25) is 4.79 Å². The number of hydrogen-bond acceptors (Lipinski definition) is 2. The molecule has 0 heterocycles. The smallest absolute Gasteiger partial charge is 0.311 e. The summed E-state index contributed by atoms with van der Waals surface area (Å²) in [4.78, 5) is 11.6. The van der Waals surface area contributed by atoms with E-state index >= 15 is 0 Å². The van der Waals surface area contributed by atoms with Gasteiger partial charge in [0.25, 0.3) is 0 Å². The Morgan fingerprint density at radius 3 is 1.84 bits per heavy atom. The third-order valence-electron chi connectivity index (χ3n) is 4.43. The first-order valence-corrected chi connectivity index (χ1v) is 10.1. The van der Waals surface area contributed by atoms with Crippen molar-refractivity contribution in [3.63, 3.8) is 0 Å². The highest BCUT2D eigenvalue weighted by molar-refractivity contribution is 5.75. The van der Waals surface area contributed by atoms with Crippen molar-refractivity contribution in [3.05, 3.63) is 36.5 Å². The largest absolute Gasteiger partial charge is 0.469 e. The number of allylic oxidation sites excluding steroid dienone is 6. The molecule has 0 atom stereocenters. The first-order chi connectivity index (χ1) is 12.0. The van der Waals surface area contributed by atoms with Gasteiger partial charge in [0.1, 0.15) is 0 Å². The molecule has 0 bridgehead atoms. The summed E-state index contributed by atoms with van der Waals surface area (Å²) in [6.07, 6.45) is 26.3. The lowest BCUT2D eigenvalue weighted by Crippen LogP contribution is -2.25. The van der Waals surface area contributed by atoms with E-state index in [1.807, 2.05) is 13.8 Å². The molecule has 0 aromatic carbocycles. The quantitative estimate of drug-likeness (QED) is 0.178. The summed E-state index contributed by atoms with van der Waals surface area (Å²) in [5, 5.41) is 0. The van der Waals surface area contributed by atoms with E-state index in [2.05, 4.69) is 43.4 Å². The van der Waals surface area contributed by atoms with Crippen LogP contribution in [0, 0.1) is 5.41 Å². The highest BCUT2D eigenvalue weighted by atomic mass is 16.5. The van der Waals surface area contributed by atoms with Crippen molar-refractivity contribution in [2.75, 3.05) is 7.11 Å². The molecule has 144 valence electrons. The molecule has 0 saturated carbocycles. The van der Waals surface area contributed by atoms with Crippen LogP contribution in [0.2, 0.25) is 0 Å².